The Kier molecular flexibility index (Phi) is 1.76. The number of methoxy groups -OCH3 is 1. The van der Waals surface area contributed by atoms with E-state index in [-0.39, 0.29) is 0 Å². The third-order valence-electron chi connectivity index (χ3n) is 2.85. The summed E-state index contributed by atoms with van der Waals surface area (Å²) in [5.74, 6) is 0.814. The lowest BCUT2D eigenvalue weighted by Crippen LogP contribution is -2.35. The monoisotopic (exact) mass is 140 g/mol. The number of allylic oxidation sites excluding steroid dienone is 1. The number of hydrogen-bond donors (Lipinski definition) is 0. The Labute approximate surface area is 63.1 Å². The van der Waals surface area contributed by atoms with Gasteiger partial charge >= 0.3 is 0 Å². The van der Waals surface area contributed by atoms with Crippen LogP contribution in [0.2, 0.25) is 0 Å². The molecular weight excluding hydrogens is 124 g/mol. The van der Waals surface area contributed by atoms with E-state index in [0.29, 0.717) is 5.41 Å². The van der Waals surface area contributed by atoms with Crippen molar-refractivity contribution in [1.29, 1.82) is 0 Å². The second-order valence-electron chi connectivity index (χ2n) is 3.71. The molecule has 0 aromatic heterocycles. The molecule has 1 heteroatoms. The Bertz CT molecular complexity index is 156. The van der Waals surface area contributed by atoms with E-state index in [1.54, 1.807) is 7.11 Å². The van der Waals surface area contributed by atoms with Gasteiger partial charge in [-0.25, -0.2) is 0 Å². The topological polar surface area (TPSA) is 9.23 Å². The van der Waals surface area contributed by atoms with E-state index in [1.165, 1.54) is 12.0 Å². The molecule has 1 aliphatic carbocycles. The van der Waals surface area contributed by atoms with Crippen molar-refractivity contribution in [2.45, 2.75) is 27.2 Å². The van der Waals surface area contributed by atoms with Gasteiger partial charge in [-0.1, -0.05) is 20.8 Å². The van der Waals surface area contributed by atoms with E-state index in [2.05, 4.69) is 20.8 Å². The van der Waals surface area contributed by atoms with Gasteiger partial charge in [0, 0.05) is 0 Å². The number of ether oxygens (including phenoxy) is 1. The SMILES string of the molecule is COC=C1CC(C)C1(C)C. The van der Waals surface area contributed by atoms with Crippen molar-refractivity contribution in [3.8, 4) is 0 Å². The molecule has 1 aliphatic rings. The van der Waals surface area contributed by atoms with E-state index in [0.717, 1.165) is 5.92 Å². The lowest BCUT2D eigenvalue weighted by atomic mass is 9.60. The van der Waals surface area contributed by atoms with Gasteiger partial charge in [-0.15, -0.1) is 0 Å². The highest BCUT2D eigenvalue weighted by atomic mass is 16.5. The van der Waals surface area contributed by atoms with Gasteiger partial charge in [0.1, 0.15) is 0 Å². The van der Waals surface area contributed by atoms with Crippen LogP contribution in [0.5, 0.6) is 0 Å². The van der Waals surface area contributed by atoms with Gasteiger partial charge in [-0.2, -0.15) is 0 Å². The molecule has 0 aromatic rings. The lowest BCUT2D eigenvalue weighted by Gasteiger charge is -2.45. The van der Waals surface area contributed by atoms with Gasteiger partial charge < -0.3 is 4.74 Å². The molecule has 0 radical (unpaired) electrons. The summed E-state index contributed by atoms with van der Waals surface area (Å²) in [6, 6.07) is 0. The standard InChI is InChI=1S/C9H16O/c1-7-5-8(6-10-4)9(7,2)3/h6-7H,5H2,1-4H3. The molecule has 58 valence electrons. The van der Waals surface area contributed by atoms with Gasteiger partial charge in [-0.05, 0) is 23.3 Å². The van der Waals surface area contributed by atoms with Gasteiger partial charge in [0.25, 0.3) is 0 Å². The molecule has 0 aliphatic heterocycles. The molecule has 0 spiro atoms. The summed E-state index contributed by atoms with van der Waals surface area (Å²) in [7, 11) is 1.71. The van der Waals surface area contributed by atoms with Crippen LogP contribution in [0.1, 0.15) is 27.2 Å². The zero-order valence-corrected chi connectivity index (χ0v) is 7.27. The first-order valence-electron chi connectivity index (χ1n) is 3.81. The van der Waals surface area contributed by atoms with E-state index in [4.69, 9.17) is 4.74 Å². The van der Waals surface area contributed by atoms with E-state index >= 15 is 0 Å². The first kappa shape index (κ1) is 7.64. The molecule has 1 unspecified atom stereocenters. The van der Waals surface area contributed by atoms with Crippen molar-refractivity contribution in [1.82, 2.24) is 0 Å². The van der Waals surface area contributed by atoms with Crippen LogP contribution in [0, 0.1) is 11.3 Å². The zero-order chi connectivity index (χ0) is 7.78. The Morgan fingerprint density at radius 1 is 1.60 bits per heavy atom. The minimum absolute atomic E-state index is 0.385. The van der Waals surface area contributed by atoms with Crippen LogP contribution in [-0.4, -0.2) is 7.11 Å². The summed E-state index contributed by atoms with van der Waals surface area (Å²) in [6.07, 6.45) is 3.10. The maximum atomic E-state index is 4.97. The van der Waals surface area contributed by atoms with Crippen molar-refractivity contribution in [2.75, 3.05) is 7.11 Å². The van der Waals surface area contributed by atoms with Gasteiger partial charge in [0.15, 0.2) is 0 Å². The molecule has 1 nitrogen and oxygen atoms in total. The summed E-state index contributed by atoms with van der Waals surface area (Å²) in [6.45, 7) is 6.82. The maximum absolute atomic E-state index is 4.97. The zero-order valence-electron chi connectivity index (χ0n) is 7.27. The number of rotatable bonds is 1. The van der Waals surface area contributed by atoms with Crippen LogP contribution in [0.15, 0.2) is 11.8 Å². The minimum atomic E-state index is 0.385. The molecule has 0 aromatic carbocycles. The van der Waals surface area contributed by atoms with Crippen LogP contribution in [0.4, 0.5) is 0 Å². The van der Waals surface area contributed by atoms with E-state index in [1.807, 2.05) is 6.26 Å². The average molecular weight is 140 g/mol. The quantitative estimate of drug-likeness (QED) is 0.509. The largest absolute Gasteiger partial charge is 0.504 e. The third kappa shape index (κ3) is 0.938. The molecule has 0 N–H and O–H groups in total. The molecule has 0 heterocycles. The first-order valence-corrected chi connectivity index (χ1v) is 3.81. The number of hydrogen-bond acceptors (Lipinski definition) is 1. The minimum Gasteiger partial charge on any atom is -0.504 e. The van der Waals surface area contributed by atoms with Crippen LogP contribution in [-0.2, 0) is 4.74 Å². The summed E-state index contributed by atoms with van der Waals surface area (Å²) in [5.41, 5.74) is 1.83. The van der Waals surface area contributed by atoms with Crippen molar-refractivity contribution in [2.24, 2.45) is 11.3 Å². The molecule has 0 amide bonds. The molecular formula is C9H16O. The van der Waals surface area contributed by atoms with Crippen LogP contribution in [0.25, 0.3) is 0 Å². The lowest BCUT2D eigenvalue weighted by molar-refractivity contribution is 0.170. The molecule has 0 bridgehead atoms. The van der Waals surface area contributed by atoms with Gasteiger partial charge in [0.05, 0.1) is 13.4 Å². The van der Waals surface area contributed by atoms with Crippen molar-refractivity contribution >= 4 is 0 Å². The molecule has 1 atom stereocenters. The Hall–Kier alpha value is -0.460. The van der Waals surface area contributed by atoms with E-state index < -0.39 is 0 Å². The summed E-state index contributed by atoms with van der Waals surface area (Å²) in [4.78, 5) is 0. The van der Waals surface area contributed by atoms with Gasteiger partial charge in [0.2, 0.25) is 0 Å². The second-order valence-corrected chi connectivity index (χ2v) is 3.71. The third-order valence-corrected chi connectivity index (χ3v) is 2.85. The maximum Gasteiger partial charge on any atom is 0.0822 e. The normalized spacial score (nSPS) is 33.6. The highest BCUT2D eigenvalue weighted by Gasteiger charge is 2.40. The molecule has 0 saturated heterocycles. The highest BCUT2D eigenvalue weighted by molar-refractivity contribution is 5.21. The molecule has 10 heavy (non-hydrogen) atoms. The molecule has 1 saturated carbocycles. The fourth-order valence-corrected chi connectivity index (χ4v) is 1.38. The van der Waals surface area contributed by atoms with Crippen LogP contribution in [0.3, 0.4) is 0 Å². The van der Waals surface area contributed by atoms with Crippen LogP contribution < -0.4 is 0 Å². The van der Waals surface area contributed by atoms with Crippen LogP contribution >= 0.6 is 0 Å². The van der Waals surface area contributed by atoms with Crippen molar-refractivity contribution in [3.63, 3.8) is 0 Å². The fraction of sp³-hybridized carbons (Fsp3) is 0.778. The first-order chi connectivity index (χ1) is 4.59. The summed E-state index contributed by atoms with van der Waals surface area (Å²) >= 11 is 0. The van der Waals surface area contributed by atoms with Crippen molar-refractivity contribution < 1.29 is 4.74 Å². The molecule has 1 fully saturated rings. The fourth-order valence-electron chi connectivity index (χ4n) is 1.38. The molecule has 1 rings (SSSR count). The Balaban J connectivity index is 2.63. The second kappa shape index (κ2) is 2.30. The van der Waals surface area contributed by atoms with Gasteiger partial charge in [-0.3, -0.25) is 0 Å². The Morgan fingerprint density at radius 2 is 2.20 bits per heavy atom. The predicted octanol–water partition coefficient (Wildman–Crippen LogP) is 2.58. The smallest absolute Gasteiger partial charge is 0.0822 e. The highest BCUT2D eigenvalue weighted by Crippen LogP contribution is 2.50. The average Bonchev–Trinajstić information content (AvgIpc) is 1.88. The summed E-state index contributed by atoms with van der Waals surface area (Å²) < 4.78 is 4.97. The Morgan fingerprint density at radius 3 is 2.50 bits per heavy atom. The predicted molar refractivity (Wildman–Crippen MR) is 42.7 cm³/mol. The summed E-state index contributed by atoms with van der Waals surface area (Å²) in [5, 5.41) is 0. The van der Waals surface area contributed by atoms with Crippen molar-refractivity contribution in [3.05, 3.63) is 11.8 Å². The van der Waals surface area contributed by atoms with E-state index in [9.17, 15) is 0 Å².